The van der Waals surface area contributed by atoms with Crippen molar-refractivity contribution in [3.8, 4) is 0 Å². The number of rotatable bonds is 5. The van der Waals surface area contributed by atoms with E-state index in [0.717, 1.165) is 0 Å². The molecule has 3 aromatic rings. The van der Waals surface area contributed by atoms with Gasteiger partial charge in [0.1, 0.15) is 23.6 Å². The highest BCUT2D eigenvalue weighted by atomic mass is 19.1. The first-order valence-electron chi connectivity index (χ1n) is 7.38. The van der Waals surface area contributed by atoms with Crippen molar-refractivity contribution in [2.45, 2.75) is 6.54 Å². The lowest BCUT2D eigenvalue weighted by Crippen LogP contribution is -2.08. The van der Waals surface area contributed by atoms with E-state index in [1.165, 1.54) is 18.5 Å². The summed E-state index contributed by atoms with van der Waals surface area (Å²) in [5.41, 5.74) is 13.3. The van der Waals surface area contributed by atoms with E-state index < -0.39 is 0 Å². The molecule has 3 rings (SSSR count). The van der Waals surface area contributed by atoms with Crippen LogP contribution in [0.1, 0.15) is 17.1 Å². The Morgan fingerprint density at radius 1 is 1.24 bits per heavy atom. The lowest BCUT2D eigenvalue weighted by atomic mass is 10.2. The van der Waals surface area contributed by atoms with Crippen molar-refractivity contribution in [3.63, 3.8) is 0 Å². The Hall–Kier alpha value is -3.55. The fraction of sp³-hybridized carbons (Fsp3) is 0.0588. The zero-order valence-corrected chi connectivity index (χ0v) is 13.1. The minimum atomic E-state index is -0.332. The summed E-state index contributed by atoms with van der Waals surface area (Å²) in [7, 11) is 0. The standard InChI is InChI=1S/C17H15FN6O/c18-12-4-2-1-3-11(12)10-22-15(14-6-8-25-24-14)9-13(19)17-21-7-5-16(20)23-17/h1-9H,10,19H2,(H2,20,21,23). The van der Waals surface area contributed by atoms with Crippen LogP contribution in [-0.4, -0.2) is 20.8 Å². The van der Waals surface area contributed by atoms with E-state index in [9.17, 15) is 4.39 Å². The molecule has 2 heterocycles. The highest BCUT2D eigenvalue weighted by Crippen LogP contribution is 2.12. The predicted octanol–water partition coefficient (Wildman–Crippen LogP) is 2.18. The number of halogens is 1. The van der Waals surface area contributed by atoms with Crippen molar-refractivity contribution in [3.05, 3.63) is 77.8 Å². The molecule has 0 aliphatic rings. The molecule has 4 N–H and O–H groups in total. The number of benzene rings is 1. The third-order valence-electron chi connectivity index (χ3n) is 3.31. The van der Waals surface area contributed by atoms with Crippen LogP contribution < -0.4 is 11.5 Å². The SMILES string of the molecule is NC(=CC(=NCc1ccccc1F)c1ccon1)c1nccc(N)n1. The number of aliphatic imine (C=N–C) groups is 1. The van der Waals surface area contributed by atoms with Crippen molar-refractivity contribution in [1.82, 2.24) is 15.1 Å². The second-order valence-electron chi connectivity index (χ2n) is 5.08. The van der Waals surface area contributed by atoms with Crippen LogP contribution in [0.3, 0.4) is 0 Å². The molecule has 0 saturated carbocycles. The molecular weight excluding hydrogens is 323 g/mol. The molecule has 2 aromatic heterocycles. The molecule has 0 bridgehead atoms. The summed E-state index contributed by atoms with van der Waals surface area (Å²) in [6, 6.07) is 9.59. The minimum Gasteiger partial charge on any atom is -0.396 e. The molecule has 0 saturated heterocycles. The number of hydrogen-bond donors (Lipinski definition) is 2. The van der Waals surface area contributed by atoms with Gasteiger partial charge >= 0.3 is 0 Å². The monoisotopic (exact) mass is 338 g/mol. The van der Waals surface area contributed by atoms with Crippen molar-refractivity contribution >= 4 is 17.2 Å². The van der Waals surface area contributed by atoms with Crippen LogP contribution in [0.2, 0.25) is 0 Å². The fourth-order valence-corrected chi connectivity index (χ4v) is 2.07. The molecule has 0 spiro atoms. The number of nitrogens with two attached hydrogens (primary N) is 2. The van der Waals surface area contributed by atoms with Gasteiger partial charge in [-0.05, 0) is 18.2 Å². The van der Waals surface area contributed by atoms with Crippen LogP contribution in [0.5, 0.6) is 0 Å². The summed E-state index contributed by atoms with van der Waals surface area (Å²) in [4.78, 5) is 12.5. The van der Waals surface area contributed by atoms with Crippen LogP contribution in [0.4, 0.5) is 10.2 Å². The summed E-state index contributed by atoms with van der Waals surface area (Å²) >= 11 is 0. The van der Waals surface area contributed by atoms with Crippen LogP contribution in [-0.2, 0) is 6.54 Å². The number of hydrogen-bond acceptors (Lipinski definition) is 7. The number of nitrogen functional groups attached to an aromatic ring is 1. The third kappa shape index (κ3) is 4.05. The molecule has 0 amide bonds. The van der Waals surface area contributed by atoms with E-state index in [4.69, 9.17) is 16.0 Å². The zero-order chi connectivity index (χ0) is 17.6. The topological polar surface area (TPSA) is 116 Å². The predicted molar refractivity (Wildman–Crippen MR) is 91.8 cm³/mol. The van der Waals surface area contributed by atoms with Gasteiger partial charge in [-0.15, -0.1) is 0 Å². The Balaban J connectivity index is 1.94. The summed E-state index contributed by atoms with van der Waals surface area (Å²) in [5, 5.41) is 3.85. The van der Waals surface area contributed by atoms with Crippen LogP contribution in [0.25, 0.3) is 5.70 Å². The second-order valence-corrected chi connectivity index (χ2v) is 5.08. The summed E-state index contributed by atoms with van der Waals surface area (Å²) in [6.07, 6.45) is 4.47. The van der Waals surface area contributed by atoms with Crippen LogP contribution >= 0.6 is 0 Å². The van der Waals surface area contributed by atoms with Crippen molar-refractivity contribution < 1.29 is 8.91 Å². The van der Waals surface area contributed by atoms with Gasteiger partial charge in [0.25, 0.3) is 0 Å². The summed E-state index contributed by atoms with van der Waals surface area (Å²) in [6.45, 7) is 0.121. The maximum atomic E-state index is 13.8. The molecular formula is C17H15FN6O. The van der Waals surface area contributed by atoms with Crippen molar-refractivity contribution in [2.24, 2.45) is 10.7 Å². The summed E-state index contributed by atoms with van der Waals surface area (Å²) < 4.78 is 18.6. The van der Waals surface area contributed by atoms with Gasteiger partial charge in [-0.2, -0.15) is 0 Å². The molecule has 0 radical (unpaired) electrons. The molecule has 0 fully saturated rings. The minimum absolute atomic E-state index is 0.121. The van der Waals surface area contributed by atoms with Crippen molar-refractivity contribution in [1.29, 1.82) is 0 Å². The largest absolute Gasteiger partial charge is 0.396 e. The van der Waals surface area contributed by atoms with E-state index in [1.54, 1.807) is 36.4 Å². The first-order valence-corrected chi connectivity index (χ1v) is 7.38. The van der Waals surface area contributed by atoms with E-state index >= 15 is 0 Å². The number of allylic oxidation sites excluding steroid dienone is 1. The Morgan fingerprint density at radius 2 is 2.08 bits per heavy atom. The zero-order valence-electron chi connectivity index (χ0n) is 13.1. The fourth-order valence-electron chi connectivity index (χ4n) is 2.07. The Bertz CT molecular complexity index is 920. The van der Waals surface area contributed by atoms with Gasteiger partial charge in [0, 0.05) is 17.8 Å². The smallest absolute Gasteiger partial charge is 0.177 e. The van der Waals surface area contributed by atoms with E-state index in [2.05, 4.69) is 20.1 Å². The molecule has 0 aliphatic heterocycles. The van der Waals surface area contributed by atoms with Gasteiger partial charge in [0.05, 0.1) is 18.0 Å². The van der Waals surface area contributed by atoms with Gasteiger partial charge < -0.3 is 16.0 Å². The lowest BCUT2D eigenvalue weighted by Gasteiger charge is -2.04. The average Bonchev–Trinajstić information content (AvgIpc) is 3.14. The normalized spacial score (nSPS) is 12.4. The van der Waals surface area contributed by atoms with Gasteiger partial charge in [-0.25, -0.2) is 14.4 Å². The molecule has 126 valence electrons. The summed E-state index contributed by atoms with van der Waals surface area (Å²) in [5.74, 6) is 0.233. The first kappa shape index (κ1) is 16.3. The lowest BCUT2D eigenvalue weighted by molar-refractivity contribution is 0.418. The van der Waals surface area contributed by atoms with Crippen molar-refractivity contribution in [2.75, 3.05) is 5.73 Å². The quantitative estimate of drug-likeness (QED) is 0.689. The average molecular weight is 338 g/mol. The number of nitrogens with zero attached hydrogens (tertiary/aromatic N) is 4. The molecule has 0 atom stereocenters. The highest BCUT2D eigenvalue weighted by Gasteiger charge is 2.09. The Kier molecular flexibility index (Phi) is 4.79. The Labute approximate surface area is 142 Å². The first-order chi connectivity index (χ1) is 12.1. The molecule has 0 unspecified atom stereocenters. The number of aromatic nitrogens is 3. The maximum absolute atomic E-state index is 13.8. The highest BCUT2D eigenvalue weighted by molar-refractivity contribution is 6.10. The molecule has 8 heteroatoms. The molecule has 25 heavy (non-hydrogen) atoms. The third-order valence-corrected chi connectivity index (χ3v) is 3.31. The van der Waals surface area contributed by atoms with Crippen LogP contribution in [0.15, 0.2) is 64.4 Å². The van der Waals surface area contributed by atoms with E-state index in [0.29, 0.717) is 22.8 Å². The van der Waals surface area contributed by atoms with Gasteiger partial charge in [0.2, 0.25) is 0 Å². The van der Waals surface area contributed by atoms with Gasteiger partial charge in [0.15, 0.2) is 5.82 Å². The molecule has 0 aliphatic carbocycles. The number of anilines is 1. The van der Waals surface area contributed by atoms with Gasteiger partial charge in [-0.1, -0.05) is 23.4 Å². The van der Waals surface area contributed by atoms with Gasteiger partial charge in [-0.3, -0.25) is 4.99 Å². The molecule has 7 nitrogen and oxygen atoms in total. The second kappa shape index (κ2) is 7.35. The van der Waals surface area contributed by atoms with Crippen LogP contribution in [0, 0.1) is 5.82 Å². The Morgan fingerprint density at radius 3 is 2.80 bits per heavy atom. The maximum Gasteiger partial charge on any atom is 0.177 e. The van der Waals surface area contributed by atoms with E-state index in [1.807, 2.05) is 0 Å². The van der Waals surface area contributed by atoms with E-state index in [-0.39, 0.29) is 23.9 Å². The molecule has 1 aromatic carbocycles.